The largest absolute Gasteiger partial charge is 0.483 e. The van der Waals surface area contributed by atoms with Crippen molar-refractivity contribution in [3.8, 4) is 0 Å². The summed E-state index contributed by atoms with van der Waals surface area (Å²) in [5, 5.41) is 13.8. The van der Waals surface area contributed by atoms with E-state index in [9.17, 15) is 4.79 Å². The minimum Gasteiger partial charge on any atom is -0.483 e. The lowest BCUT2D eigenvalue weighted by atomic mass is 10.1. The van der Waals surface area contributed by atoms with Crippen molar-refractivity contribution in [2.75, 3.05) is 33.8 Å². The molecule has 0 bridgehead atoms. The predicted octanol–water partition coefficient (Wildman–Crippen LogP) is 0.655. The summed E-state index contributed by atoms with van der Waals surface area (Å²) >= 11 is 0. The van der Waals surface area contributed by atoms with Gasteiger partial charge in [0.1, 0.15) is 5.82 Å². The summed E-state index contributed by atoms with van der Waals surface area (Å²) in [7, 11) is 3.61. The van der Waals surface area contributed by atoms with E-state index in [-0.39, 0.29) is 25.0 Å². The SMILES string of the molecule is CN(C)C(=O)C[C@H]1CN2C[C@H](n3ccnc3C3CC3)C[C@H]2CO1.O=CO.O=CO. The van der Waals surface area contributed by atoms with Gasteiger partial charge in [0, 0.05) is 57.6 Å². The van der Waals surface area contributed by atoms with Crippen molar-refractivity contribution >= 4 is 18.9 Å². The van der Waals surface area contributed by atoms with Crippen LogP contribution in [0.15, 0.2) is 12.4 Å². The van der Waals surface area contributed by atoms with E-state index in [0.717, 1.165) is 26.1 Å². The zero-order valence-corrected chi connectivity index (χ0v) is 16.9. The van der Waals surface area contributed by atoms with Crippen LogP contribution >= 0.6 is 0 Å². The number of hydrogen-bond donors (Lipinski definition) is 2. The zero-order chi connectivity index (χ0) is 21.4. The molecule has 0 aromatic carbocycles. The van der Waals surface area contributed by atoms with E-state index in [4.69, 9.17) is 24.5 Å². The van der Waals surface area contributed by atoms with Crippen LogP contribution in [0.25, 0.3) is 0 Å². The number of carboxylic acid groups (broad SMARTS) is 2. The monoisotopic (exact) mass is 410 g/mol. The Kier molecular flexibility index (Phi) is 8.59. The van der Waals surface area contributed by atoms with Crippen LogP contribution in [0, 0.1) is 0 Å². The third-order valence-corrected chi connectivity index (χ3v) is 5.40. The van der Waals surface area contributed by atoms with E-state index in [2.05, 4.69) is 20.6 Å². The van der Waals surface area contributed by atoms with Crippen molar-refractivity contribution < 1.29 is 29.3 Å². The second-order valence-corrected chi connectivity index (χ2v) is 7.62. The normalized spacial score (nSPS) is 25.5. The molecule has 2 aliphatic heterocycles. The average molecular weight is 410 g/mol. The van der Waals surface area contributed by atoms with Gasteiger partial charge in [-0.25, -0.2) is 4.98 Å². The molecular formula is C19H30N4O6. The second kappa shape index (κ2) is 10.9. The van der Waals surface area contributed by atoms with Crippen LogP contribution in [0.1, 0.15) is 43.5 Å². The molecule has 0 unspecified atom stereocenters. The van der Waals surface area contributed by atoms with E-state index in [1.165, 1.54) is 18.7 Å². The second-order valence-electron chi connectivity index (χ2n) is 7.62. The summed E-state index contributed by atoms with van der Waals surface area (Å²) in [5.74, 6) is 2.11. The Hall–Kier alpha value is -2.46. The molecule has 4 rings (SSSR count). The Balaban J connectivity index is 0.000000449. The quantitative estimate of drug-likeness (QED) is 0.694. The fourth-order valence-electron chi connectivity index (χ4n) is 3.91. The maximum atomic E-state index is 11.9. The predicted molar refractivity (Wildman–Crippen MR) is 104 cm³/mol. The summed E-state index contributed by atoms with van der Waals surface area (Å²) in [6.07, 6.45) is 8.31. The third-order valence-electron chi connectivity index (χ3n) is 5.40. The van der Waals surface area contributed by atoms with E-state index >= 15 is 0 Å². The zero-order valence-electron chi connectivity index (χ0n) is 16.9. The number of imidazole rings is 1. The van der Waals surface area contributed by atoms with Gasteiger partial charge in [0.2, 0.25) is 5.91 Å². The van der Waals surface area contributed by atoms with Crippen LogP contribution in [-0.4, -0.2) is 94.4 Å². The van der Waals surface area contributed by atoms with Crippen LogP contribution in [0.3, 0.4) is 0 Å². The van der Waals surface area contributed by atoms with Crippen LogP contribution in [0.5, 0.6) is 0 Å². The maximum Gasteiger partial charge on any atom is 0.290 e. The molecule has 1 amide bonds. The summed E-state index contributed by atoms with van der Waals surface area (Å²) in [6, 6.07) is 0.991. The molecule has 1 aliphatic carbocycles. The molecule has 1 aromatic heterocycles. The Labute approximate surface area is 170 Å². The molecule has 10 nitrogen and oxygen atoms in total. The minimum atomic E-state index is -0.250. The van der Waals surface area contributed by atoms with Gasteiger partial charge in [0.15, 0.2) is 0 Å². The highest BCUT2D eigenvalue weighted by Gasteiger charge is 2.40. The number of rotatable bonds is 4. The first-order valence-electron chi connectivity index (χ1n) is 9.69. The topological polar surface area (TPSA) is 125 Å². The first kappa shape index (κ1) is 22.8. The molecule has 3 heterocycles. The van der Waals surface area contributed by atoms with Crippen LogP contribution in [0.4, 0.5) is 0 Å². The smallest absolute Gasteiger partial charge is 0.290 e. The first-order chi connectivity index (χ1) is 13.9. The van der Waals surface area contributed by atoms with Crippen LogP contribution < -0.4 is 0 Å². The number of amides is 1. The fourth-order valence-corrected chi connectivity index (χ4v) is 3.91. The molecular weight excluding hydrogens is 380 g/mol. The molecule has 29 heavy (non-hydrogen) atoms. The van der Waals surface area contributed by atoms with Crippen LogP contribution in [0.2, 0.25) is 0 Å². The Morgan fingerprint density at radius 1 is 1.24 bits per heavy atom. The summed E-state index contributed by atoms with van der Waals surface area (Å²) in [5.41, 5.74) is 0. The van der Waals surface area contributed by atoms with Gasteiger partial charge in [-0.3, -0.25) is 19.3 Å². The van der Waals surface area contributed by atoms with Gasteiger partial charge in [-0.15, -0.1) is 0 Å². The van der Waals surface area contributed by atoms with Gasteiger partial charge in [-0.1, -0.05) is 0 Å². The lowest BCUT2D eigenvalue weighted by molar-refractivity contribution is -0.134. The van der Waals surface area contributed by atoms with E-state index in [1.807, 2.05) is 6.20 Å². The average Bonchev–Trinajstić information content (AvgIpc) is 3.25. The Morgan fingerprint density at radius 2 is 1.90 bits per heavy atom. The van der Waals surface area contributed by atoms with Crippen molar-refractivity contribution in [1.82, 2.24) is 19.4 Å². The standard InChI is InChI=1S/C17H26N4O2.2CH2O2/c1-19(2)16(22)8-15-10-20-9-13(7-14(20)11-23-15)21-6-5-18-17(21)12-3-4-12;2*2-1-3/h5-6,12-15H,3-4,7-11H2,1-2H3;2*1H,(H,2,3)/t13-,14+,15+;;/m1../s1. The molecule has 1 aromatic rings. The molecule has 1 saturated carbocycles. The van der Waals surface area contributed by atoms with Gasteiger partial charge in [0.25, 0.3) is 12.9 Å². The fraction of sp³-hybridized carbons (Fsp3) is 0.684. The molecule has 2 saturated heterocycles. The van der Waals surface area contributed by atoms with Gasteiger partial charge in [-0.05, 0) is 19.3 Å². The van der Waals surface area contributed by atoms with E-state index in [0.29, 0.717) is 24.4 Å². The van der Waals surface area contributed by atoms with Crippen molar-refractivity contribution in [2.24, 2.45) is 0 Å². The van der Waals surface area contributed by atoms with Crippen molar-refractivity contribution in [1.29, 1.82) is 0 Å². The molecule has 0 spiro atoms. The molecule has 162 valence electrons. The number of aromatic nitrogens is 2. The number of morpholine rings is 1. The molecule has 2 N–H and O–H groups in total. The van der Waals surface area contributed by atoms with Gasteiger partial charge in [-0.2, -0.15) is 0 Å². The lowest BCUT2D eigenvalue weighted by Gasteiger charge is -2.35. The number of hydrogen-bond acceptors (Lipinski definition) is 6. The Bertz CT molecular complexity index is 669. The van der Waals surface area contributed by atoms with Gasteiger partial charge < -0.3 is 24.4 Å². The molecule has 10 heteroatoms. The highest BCUT2D eigenvalue weighted by Crippen LogP contribution is 2.41. The summed E-state index contributed by atoms with van der Waals surface area (Å²) < 4.78 is 8.35. The molecule has 0 radical (unpaired) electrons. The maximum absolute atomic E-state index is 11.9. The van der Waals surface area contributed by atoms with Gasteiger partial charge in [0.05, 0.1) is 19.1 Å². The number of nitrogens with zero attached hydrogens (tertiary/aromatic N) is 4. The van der Waals surface area contributed by atoms with Crippen molar-refractivity contribution in [2.45, 2.75) is 49.8 Å². The lowest BCUT2D eigenvalue weighted by Crippen LogP contribution is -2.47. The van der Waals surface area contributed by atoms with Gasteiger partial charge >= 0.3 is 0 Å². The van der Waals surface area contributed by atoms with Crippen LogP contribution in [-0.2, 0) is 19.1 Å². The summed E-state index contributed by atoms with van der Waals surface area (Å²) in [6.45, 7) is 2.17. The van der Waals surface area contributed by atoms with E-state index < -0.39 is 0 Å². The molecule has 3 aliphatic rings. The number of carbonyl (C=O) groups is 3. The number of ether oxygens (including phenoxy) is 1. The van der Waals surface area contributed by atoms with Crippen molar-refractivity contribution in [3.63, 3.8) is 0 Å². The number of carbonyl (C=O) groups excluding carboxylic acids is 1. The number of fused-ring (bicyclic) bond motifs is 1. The minimum absolute atomic E-state index is 0.0330. The third kappa shape index (κ3) is 6.26. The molecule has 3 fully saturated rings. The van der Waals surface area contributed by atoms with E-state index in [1.54, 1.807) is 19.0 Å². The first-order valence-corrected chi connectivity index (χ1v) is 9.69. The Morgan fingerprint density at radius 3 is 2.48 bits per heavy atom. The van der Waals surface area contributed by atoms with Crippen molar-refractivity contribution in [3.05, 3.63) is 18.2 Å². The molecule has 3 atom stereocenters. The highest BCUT2D eigenvalue weighted by molar-refractivity contribution is 5.76. The highest BCUT2D eigenvalue weighted by atomic mass is 16.5. The summed E-state index contributed by atoms with van der Waals surface area (Å²) in [4.78, 5) is 37.4.